The Kier molecular flexibility index (Phi) is 4.08. The average molecular weight is 224 g/mol. The first-order chi connectivity index (χ1) is 7.77. The molecule has 16 heavy (non-hydrogen) atoms. The summed E-state index contributed by atoms with van der Waals surface area (Å²) in [7, 11) is 0. The van der Waals surface area contributed by atoms with Gasteiger partial charge in [0.2, 0.25) is 0 Å². The number of nitrogens with one attached hydrogen (secondary N) is 1. The van der Waals surface area contributed by atoms with Gasteiger partial charge in [0.25, 0.3) is 0 Å². The van der Waals surface area contributed by atoms with Crippen LogP contribution in [0, 0.1) is 11.8 Å². The Balaban J connectivity index is 1.70. The van der Waals surface area contributed by atoms with Crippen LogP contribution in [0.4, 0.5) is 4.79 Å². The van der Waals surface area contributed by atoms with Crippen molar-refractivity contribution in [3.05, 3.63) is 0 Å². The molecule has 0 aromatic rings. The monoisotopic (exact) mass is 224 g/mol. The molecule has 1 N–H and O–H groups in total. The Morgan fingerprint density at radius 3 is 2.56 bits per heavy atom. The van der Waals surface area contributed by atoms with E-state index in [1.54, 1.807) is 0 Å². The summed E-state index contributed by atoms with van der Waals surface area (Å²) in [6.07, 6.45) is 7.60. The quantitative estimate of drug-likeness (QED) is 0.768. The normalized spacial score (nSPS) is 30.4. The molecule has 1 aliphatic carbocycles. The summed E-state index contributed by atoms with van der Waals surface area (Å²) < 4.78 is 0. The van der Waals surface area contributed by atoms with Gasteiger partial charge in [0.05, 0.1) is 0 Å². The molecule has 2 fully saturated rings. The zero-order chi connectivity index (χ0) is 11.4. The number of likely N-dealkylation sites (tertiary alicyclic amines) is 1. The molecule has 2 rings (SSSR count). The molecule has 1 saturated heterocycles. The minimum absolute atomic E-state index is 0.166. The number of rotatable bonds is 2. The molecule has 2 atom stereocenters. The maximum atomic E-state index is 11.9. The third-order valence-electron chi connectivity index (χ3n) is 4.20. The summed E-state index contributed by atoms with van der Waals surface area (Å²) in [5, 5.41) is 3.11. The van der Waals surface area contributed by atoms with Gasteiger partial charge in [0.15, 0.2) is 0 Å². The molecule has 2 unspecified atom stereocenters. The molecule has 1 saturated carbocycles. The molecule has 1 heterocycles. The number of carbonyl (C=O) groups excluding carboxylic acids is 1. The smallest absolute Gasteiger partial charge is 0.317 e. The summed E-state index contributed by atoms with van der Waals surface area (Å²) in [5.41, 5.74) is 0. The van der Waals surface area contributed by atoms with Crippen LogP contribution in [-0.4, -0.2) is 30.6 Å². The molecular weight excluding hydrogens is 200 g/mol. The van der Waals surface area contributed by atoms with Crippen LogP contribution in [0.3, 0.4) is 0 Å². The van der Waals surface area contributed by atoms with Crippen LogP contribution in [0.2, 0.25) is 0 Å². The van der Waals surface area contributed by atoms with Gasteiger partial charge in [-0.25, -0.2) is 4.79 Å². The van der Waals surface area contributed by atoms with E-state index in [-0.39, 0.29) is 6.03 Å². The van der Waals surface area contributed by atoms with E-state index in [0.717, 1.165) is 25.6 Å². The minimum atomic E-state index is 0.166. The number of urea groups is 1. The second-order valence-electron chi connectivity index (χ2n) is 5.40. The molecule has 3 nitrogen and oxygen atoms in total. The number of hydrogen-bond acceptors (Lipinski definition) is 1. The Morgan fingerprint density at radius 1 is 1.19 bits per heavy atom. The summed E-state index contributed by atoms with van der Waals surface area (Å²) in [6.45, 7) is 5.10. The highest BCUT2D eigenvalue weighted by molar-refractivity contribution is 5.74. The largest absolute Gasteiger partial charge is 0.338 e. The summed E-state index contributed by atoms with van der Waals surface area (Å²) in [5.74, 6) is 1.51. The fourth-order valence-electron chi connectivity index (χ4n) is 2.95. The van der Waals surface area contributed by atoms with Gasteiger partial charge < -0.3 is 10.2 Å². The zero-order valence-corrected chi connectivity index (χ0v) is 10.4. The van der Waals surface area contributed by atoms with Crippen molar-refractivity contribution < 1.29 is 4.79 Å². The fraction of sp³-hybridized carbons (Fsp3) is 0.923. The lowest BCUT2D eigenvalue weighted by Gasteiger charge is -2.27. The molecule has 2 amide bonds. The van der Waals surface area contributed by atoms with Crippen molar-refractivity contribution >= 4 is 6.03 Å². The van der Waals surface area contributed by atoms with E-state index >= 15 is 0 Å². The highest BCUT2D eigenvalue weighted by Gasteiger charge is 2.24. The van der Waals surface area contributed by atoms with Crippen LogP contribution in [0.15, 0.2) is 0 Å². The maximum absolute atomic E-state index is 11.9. The Labute approximate surface area is 98.6 Å². The van der Waals surface area contributed by atoms with E-state index in [4.69, 9.17) is 0 Å². The topological polar surface area (TPSA) is 32.3 Å². The fourth-order valence-corrected chi connectivity index (χ4v) is 2.95. The lowest BCUT2D eigenvalue weighted by molar-refractivity contribution is 0.183. The molecule has 0 bridgehead atoms. The van der Waals surface area contributed by atoms with E-state index in [1.165, 1.54) is 38.5 Å². The van der Waals surface area contributed by atoms with Gasteiger partial charge in [-0.2, -0.15) is 0 Å². The number of nitrogens with zero attached hydrogens (tertiary/aromatic N) is 1. The number of piperidine rings is 1. The van der Waals surface area contributed by atoms with Crippen molar-refractivity contribution in [1.29, 1.82) is 0 Å². The van der Waals surface area contributed by atoms with Crippen molar-refractivity contribution in [3.8, 4) is 0 Å². The number of carbonyl (C=O) groups is 1. The van der Waals surface area contributed by atoms with Gasteiger partial charge in [0, 0.05) is 19.6 Å². The van der Waals surface area contributed by atoms with Gasteiger partial charge in [-0.1, -0.05) is 19.8 Å². The van der Waals surface area contributed by atoms with Gasteiger partial charge in [-0.05, 0) is 37.5 Å². The van der Waals surface area contributed by atoms with Crippen molar-refractivity contribution in [2.45, 2.75) is 45.4 Å². The van der Waals surface area contributed by atoms with Gasteiger partial charge in [-0.15, -0.1) is 0 Å². The highest BCUT2D eigenvalue weighted by atomic mass is 16.2. The van der Waals surface area contributed by atoms with E-state index in [2.05, 4.69) is 12.2 Å². The zero-order valence-electron chi connectivity index (χ0n) is 10.4. The Morgan fingerprint density at radius 2 is 1.94 bits per heavy atom. The lowest BCUT2D eigenvalue weighted by atomic mass is 9.98. The van der Waals surface area contributed by atoms with Crippen molar-refractivity contribution in [3.63, 3.8) is 0 Å². The molecule has 0 radical (unpaired) electrons. The summed E-state index contributed by atoms with van der Waals surface area (Å²) in [6, 6.07) is 0.166. The van der Waals surface area contributed by atoms with Crippen molar-refractivity contribution in [1.82, 2.24) is 10.2 Å². The molecule has 1 aliphatic heterocycles. The van der Waals surface area contributed by atoms with Crippen LogP contribution in [-0.2, 0) is 0 Å². The predicted molar refractivity (Wildman–Crippen MR) is 65.3 cm³/mol. The van der Waals surface area contributed by atoms with Gasteiger partial charge >= 0.3 is 6.03 Å². The van der Waals surface area contributed by atoms with Gasteiger partial charge in [-0.3, -0.25) is 0 Å². The van der Waals surface area contributed by atoms with E-state index in [9.17, 15) is 4.79 Å². The van der Waals surface area contributed by atoms with Crippen LogP contribution < -0.4 is 5.32 Å². The Hall–Kier alpha value is -0.730. The lowest BCUT2D eigenvalue weighted by Crippen LogP contribution is -2.44. The third kappa shape index (κ3) is 2.89. The van der Waals surface area contributed by atoms with Gasteiger partial charge in [0.1, 0.15) is 0 Å². The molecular formula is C13H24N2O. The van der Waals surface area contributed by atoms with E-state index < -0.39 is 0 Å². The second-order valence-corrected chi connectivity index (χ2v) is 5.40. The molecule has 0 aromatic heterocycles. The molecule has 2 aliphatic rings. The van der Waals surface area contributed by atoms with E-state index in [1.807, 2.05) is 4.90 Å². The molecule has 0 spiro atoms. The summed E-state index contributed by atoms with van der Waals surface area (Å²) >= 11 is 0. The molecule has 92 valence electrons. The number of hydrogen-bond donors (Lipinski definition) is 1. The van der Waals surface area contributed by atoms with Crippen LogP contribution in [0.5, 0.6) is 0 Å². The predicted octanol–water partition coefficient (Wildman–Crippen LogP) is 2.62. The van der Waals surface area contributed by atoms with Crippen LogP contribution in [0.25, 0.3) is 0 Å². The first kappa shape index (κ1) is 11.7. The maximum Gasteiger partial charge on any atom is 0.317 e. The standard InChI is InChI=1S/C13H24N2O/c1-11-6-5-7-12(11)10-14-13(16)15-8-3-2-4-9-15/h11-12H,2-10H2,1H3,(H,14,16). The van der Waals surface area contributed by atoms with Crippen molar-refractivity contribution in [2.24, 2.45) is 11.8 Å². The van der Waals surface area contributed by atoms with Crippen LogP contribution in [0.1, 0.15) is 45.4 Å². The second kappa shape index (κ2) is 5.55. The first-order valence-corrected chi connectivity index (χ1v) is 6.80. The Bertz CT molecular complexity index is 236. The van der Waals surface area contributed by atoms with E-state index in [0.29, 0.717) is 5.92 Å². The molecule has 0 aromatic carbocycles. The number of amides is 2. The highest BCUT2D eigenvalue weighted by Crippen LogP contribution is 2.30. The first-order valence-electron chi connectivity index (χ1n) is 6.80. The summed E-state index contributed by atoms with van der Waals surface area (Å²) in [4.78, 5) is 13.9. The van der Waals surface area contributed by atoms with Crippen LogP contribution >= 0.6 is 0 Å². The SMILES string of the molecule is CC1CCCC1CNC(=O)N1CCCCC1. The average Bonchev–Trinajstić information content (AvgIpc) is 2.73. The minimum Gasteiger partial charge on any atom is -0.338 e. The molecule has 3 heteroatoms. The third-order valence-corrected chi connectivity index (χ3v) is 4.20. The van der Waals surface area contributed by atoms with Crippen molar-refractivity contribution in [2.75, 3.05) is 19.6 Å².